The Morgan fingerprint density at radius 2 is 2.25 bits per heavy atom. The molecule has 0 amide bonds. The molecule has 0 aliphatic heterocycles. The third-order valence-corrected chi connectivity index (χ3v) is 1.76. The van der Waals surface area contributed by atoms with Crippen molar-refractivity contribution in [1.29, 1.82) is 0 Å². The van der Waals surface area contributed by atoms with E-state index in [0.717, 1.165) is 17.9 Å². The van der Waals surface area contributed by atoms with Gasteiger partial charge in [0, 0.05) is 19.1 Å². The molecule has 1 N–H and O–H groups in total. The van der Waals surface area contributed by atoms with E-state index in [9.17, 15) is 0 Å². The normalized spacial score (nSPS) is 12.0. The minimum absolute atomic E-state index is 0.119. The van der Waals surface area contributed by atoms with Crippen molar-refractivity contribution in [3.05, 3.63) is 17.5 Å². The van der Waals surface area contributed by atoms with Gasteiger partial charge in [-0.15, -0.1) is 0 Å². The van der Waals surface area contributed by atoms with E-state index in [1.165, 1.54) is 0 Å². The van der Waals surface area contributed by atoms with Crippen LogP contribution in [0.1, 0.15) is 25.3 Å². The average Bonchev–Trinajstić information content (AvgIpc) is 2.35. The largest absolute Gasteiger partial charge is 0.396 e. The third kappa shape index (κ3) is 2.34. The summed E-state index contributed by atoms with van der Waals surface area (Å²) in [5.41, 5.74) is 0.769. The molecule has 0 saturated carbocycles. The second-order valence-corrected chi connectivity index (χ2v) is 3.93. The Kier molecular flexibility index (Phi) is 2.52. The molecule has 0 aromatic carbocycles. The average molecular weight is 169 g/mol. The minimum atomic E-state index is -0.119. The van der Waals surface area contributed by atoms with Crippen molar-refractivity contribution in [3.8, 4) is 0 Å². The molecule has 0 atom stereocenters. The Hall–Kier alpha value is -0.830. The fourth-order valence-electron chi connectivity index (χ4n) is 1.03. The summed E-state index contributed by atoms with van der Waals surface area (Å²) in [7, 11) is 0. The van der Waals surface area contributed by atoms with E-state index in [4.69, 9.17) is 9.63 Å². The van der Waals surface area contributed by atoms with Crippen LogP contribution in [0, 0.1) is 12.3 Å². The van der Waals surface area contributed by atoms with Gasteiger partial charge in [-0.3, -0.25) is 0 Å². The standard InChI is InChI=1S/C9H15NO2/c1-7-4-8(12-10-7)5-9(2,3)6-11/h4,11H,5-6H2,1-3H3. The van der Waals surface area contributed by atoms with Gasteiger partial charge in [-0.2, -0.15) is 0 Å². The summed E-state index contributed by atoms with van der Waals surface area (Å²) in [6.45, 7) is 6.03. The molecule has 3 nitrogen and oxygen atoms in total. The van der Waals surface area contributed by atoms with E-state index in [-0.39, 0.29) is 12.0 Å². The van der Waals surface area contributed by atoms with Gasteiger partial charge >= 0.3 is 0 Å². The topological polar surface area (TPSA) is 46.3 Å². The van der Waals surface area contributed by atoms with E-state index in [1.54, 1.807) is 0 Å². The Balaban J connectivity index is 2.63. The predicted octanol–water partition coefficient (Wildman–Crippen LogP) is 1.54. The Labute approximate surface area is 72.4 Å². The van der Waals surface area contributed by atoms with Crippen molar-refractivity contribution < 1.29 is 9.63 Å². The highest BCUT2D eigenvalue weighted by Crippen LogP contribution is 2.20. The van der Waals surface area contributed by atoms with Gasteiger partial charge in [-0.1, -0.05) is 19.0 Å². The number of hydrogen-bond donors (Lipinski definition) is 1. The zero-order valence-corrected chi connectivity index (χ0v) is 7.79. The Morgan fingerprint density at radius 1 is 1.58 bits per heavy atom. The van der Waals surface area contributed by atoms with Crippen molar-refractivity contribution in [1.82, 2.24) is 5.16 Å². The van der Waals surface area contributed by atoms with Crippen molar-refractivity contribution in [2.24, 2.45) is 5.41 Å². The molecule has 0 radical (unpaired) electrons. The van der Waals surface area contributed by atoms with Gasteiger partial charge in [0.1, 0.15) is 5.76 Å². The molecule has 0 aliphatic rings. The third-order valence-electron chi connectivity index (χ3n) is 1.76. The predicted molar refractivity (Wildman–Crippen MR) is 45.8 cm³/mol. The van der Waals surface area contributed by atoms with Crippen molar-refractivity contribution in [2.75, 3.05) is 6.61 Å². The van der Waals surface area contributed by atoms with Crippen LogP contribution < -0.4 is 0 Å². The number of aromatic nitrogens is 1. The van der Waals surface area contributed by atoms with Gasteiger partial charge in [0.2, 0.25) is 0 Å². The first-order valence-corrected chi connectivity index (χ1v) is 4.06. The van der Waals surface area contributed by atoms with Crippen LogP contribution in [0.4, 0.5) is 0 Å². The van der Waals surface area contributed by atoms with Crippen LogP contribution in [0.2, 0.25) is 0 Å². The van der Waals surface area contributed by atoms with Gasteiger partial charge in [0.25, 0.3) is 0 Å². The highest BCUT2D eigenvalue weighted by atomic mass is 16.5. The molecule has 68 valence electrons. The lowest BCUT2D eigenvalue weighted by Crippen LogP contribution is -2.19. The molecule has 0 saturated heterocycles. The summed E-state index contributed by atoms with van der Waals surface area (Å²) in [6, 6.07) is 1.90. The fourth-order valence-corrected chi connectivity index (χ4v) is 1.03. The van der Waals surface area contributed by atoms with Gasteiger partial charge in [-0.25, -0.2) is 0 Å². The van der Waals surface area contributed by atoms with Crippen LogP contribution in [0.5, 0.6) is 0 Å². The SMILES string of the molecule is Cc1cc(CC(C)(C)CO)on1. The summed E-state index contributed by atoms with van der Waals surface area (Å²) in [5, 5.41) is 12.8. The first-order chi connectivity index (χ1) is 5.53. The molecule has 0 fully saturated rings. The Morgan fingerprint density at radius 3 is 2.67 bits per heavy atom. The fraction of sp³-hybridized carbons (Fsp3) is 0.667. The molecule has 1 rings (SSSR count). The van der Waals surface area contributed by atoms with Crippen molar-refractivity contribution >= 4 is 0 Å². The van der Waals surface area contributed by atoms with Crippen LogP contribution in [-0.2, 0) is 6.42 Å². The van der Waals surface area contributed by atoms with Crippen molar-refractivity contribution in [3.63, 3.8) is 0 Å². The Bertz CT molecular complexity index is 253. The molecule has 0 unspecified atom stereocenters. The molecular formula is C9H15NO2. The van der Waals surface area contributed by atoms with E-state index < -0.39 is 0 Å². The quantitative estimate of drug-likeness (QED) is 0.746. The zero-order chi connectivity index (χ0) is 9.19. The van der Waals surface area contributed by atoms with Gasteiger partial charge in [-0.05, 0) is 12.3 Å². The number of nitrogens with zero attached hydrogens (tertiary/aromatic N) is 1. The summed E-state index contributed by atoms with van der Waals surface area (Å²) in [4.78, 5) is 0. The highest BCUT2D eigenvalue weighted by Gasteiger charge is 2.19. The summed E-state index contributed by atoms with van der Waals surface area (Å²) in [5.74, 6) is 0.839. The first-order valence-electron chi connectivity index (χ1n) is 4.06. The maximum atomic E-state index is 9.00. The maximum absolute atomic E-state index is 9.00. The van der Waals surface area contributed by atoms with E-state index in [2.05, 4.69) is 5.16 Å². The van der Waals surface area contributed by atoms with Gasteiger partial charge in [0.05, 0.1) is 5.69 Å². The smallest absolute Gasteiger partial charge is 0.137 e. The number of aliphatic hydroxyl groups is 1. The van der Waals surface area contributed by atoms with Crippen LogP contribution >= 0.6 is 0 Å². The monoisotopic (exact) mass is 169 g/mol. The molecule has 1 aromatic heterocycles. The number of hydrogen-bond acceptors (Lipinski definition) is 3. The number of aliphatic hydroxyl groups excluding tert-OH is 1. The molecular weight excluding hydrogens is 154 g/mol. The zero-order valence-electron chi connectivity index (χ0n) is 7.79. The molecule has 3 heteroatoms. The molecule has 0 aliphatic carbocycles. The highest BCUT2D eigenvalue weighted by molar-refractivity contribution is 5.04. The van der Waals surface area contributed by atoms with Crippen LogP contribution in [0.25, 0.3) is 0 Å². The van der Waals surface area contributed by atoms with Gasteiger partial charge < -0.3 is 9.63 Å². The molecule has 1 aromatic rings. The lowest BCUT2D eigenvalue weighted by atomic mass is 9.89. The molecule has 0 spiro atoms. The lowest BCUT2D eigenvalue weighted by molar-refractivity contribution is 0.150. The van der Waals surface area contributed by atoms with Gasteiger partial charge in [0.15, 0.2) is 0 Å². The van der Waals surface area contributed by atoms with Crippen molar-refractivity contribution in [2.45, 2.75) is 27.2 Å². The van der Waals surface area contributed by atoms with Crippen LogP contribution in [0.15, 0.2) is 10.6 Å². The lowest BCUT2D eigenvalue weighted by Gasteiger charge is -2.18. The summed E-state index contributed by atoms with van der Waals surface area (Å²) in [6.07, 6.45) is 0.727. The second kappa shape index (κ2) is 3.27. The minimum Gasteiger partial charge on any atom is -0.396 e. The molecule has 12 heavy (non-hydrogen) atoms. The van der Waals surface area contributed by atoms with Crippen LogP contribution in [0.3, 0.4) is 0 Å². The maximum Gasteiger partial charge on any atom is 0.137 e. The first kappa shape index (κ1) is 9.26. The molecule has 1 heterocycles. The second-order valence-electron chi connectivity index (χ2n) is 3.93. The number of aryl methyl sites for hydroxylation is 1. The van der Waals surface area contributed by atoms with E-state index >= 15 is 0 Å². The number of rotatable bonds is 3. The van der Waals surface area contributed by atoms with E-state index in [1.807, 2.05) is 26.8 Å². The summed E-state index contributed by atoms with van der Waals surface area (Å²) >= 11 is 0. The van der Waals surface area contributed by atoms with Crippen LogP contribution in [-0.4, -0.2) is 16.9 Å². The summed E-state index contributed by atoms with van der Waals surface area (Å²) < 4.78 is 5.04. The van der Waals surface area contributed by atoms with E-state index in [0.29, 0.717) is 0 Å². The molecule has 0 bridgehead atoms.